The molecule has 160 valence electrons. The smallest absolute Gasteiger partial charge is 0.174 e. The zero-order valence-electron chi connectivity index (χ0n) is 17.7. The number of aryl methyl sites for hydroxylation is 2. The van der Waals surface area contributed by atoms with Gasteiger partial charge in [0.05, 0.1) is 11.7 Å². The van der Waals surface area contributed by atoms with Gasteiger partial charge in [0.1, 0.15) is 17.6 Å². The first-order valence-electron chi connectivity index (χ1n) is 10.4. The first-order valence-corrected chi connectivity index (χ1v) is 11.2. The van der Waals surface area contributed by atoms with E-state index in [1.807, 2.05) is 54.6 Å². The van der Waals surface area contributed by atoms with E-state index in [1.54, 1.807) is 6.20 Å². The molecule has 1 N–H and O–H groups in total. The fourth-order valence-corrected chi connectivity index (χ4v) is 4.55. The number of halogens is 1. The van der Waals surface area contributed by atoms with Crippen LogP contribution in [0.25, 0.3) is 11.3 Å². The van der Waals surface area contributed by atoms with Gasteiger partial charge >= 0.3 is 0 Å². The summed E-state index contributed by atoms with van der Waals surface area (Å²) in [6, 6.07) is 23.7. The third-order valence-electron chi connectivity index (χ3n) is 5.91. The number of furan rings is 1. The lowest BCUT2D eigenvalue weighted by atomic mass is 10.0. The molecule has 0 amide bonds. The van der Waals surface area contributed by atoms with Crippen LogP contribution in [-0.4, -0.2) is 10.1 Å². The van der Waals surface area contributed by atoms with Crippen molar-refractivity contribution in [2.75, 3.05) is 4.90 Å². The Labute approximate surface area is 197 Å². The Balaban J connectivity index is 1.60. The normalized spacial score (nSPS) is 18.1. The largest absolute Gasteiger partial charge is 0.459 e. The SMILES string of the molecule is Cc1ccc(N2C(=S)N[C@H](c3ccccn3)[C@@H]2c2ccc(-c3ccc(Cl)cc3)o2)cc1C. The summed E-state index contributed by atoms with van der Waals surface area (Å²) in [5.74, 6) is 1.60. The van der Waals surface area contributed by atoms with Crippen molar-refractivity contribution in [3.05, 3.63) is 107 Å². The molecule has 32 heavy (non-hydrogen) atoms. The molecule has 0 bridgehead atoms. The first kappa shape index (κ1) is 20.7. The van der Waals surface area contributed by atoms with Gasteiger partial charge in [-0.15, -0.1) is 0 Å². The Morgan fingerprint density at radius 3 is 2.50 bits per heavy atom. The molecule has 0 spiro atoms. The average molecular weight is 460 g/mol. The minimum absolute atomic E-state index is 0.144. The van der Waals surface area contributed by atoms with Gasteiger partial charge in [0.25, 0.3) is 0 Å². The van der Waals surface area contributed by atoms with E-state index in [9.17, 15) is 0 Å². The van der Waals surface area contributed by atoms with Crippen LogP contribution >= 0.6 is 23.8 Å². The summed E-state index contributed by atoms with van der Waals surface area (Å²) < 4.78 is 6.39. The molecule has 0 aliphatic carbocycles. The maximum Gasteiger partial charge on any atom is 0.174 e. The molecule has 5 rings (SSSR count). The molecule has 1 aliphatic rings. The van der Waals surface area contributed by atoms with Gasteiger partial charge in [0.15, 0.2) is 5.11 Å². The van der Waals surface area contributed by atoms with E-state index >= 15 is 0 Å². The number of nitrogens with zero attached hydrogens (tertiary/aromatic N) is 2. The standard InChI is InChI=1S/C26H22ClN3OS/c1-16-6-11-20(15-17(16)2)30-25(24(29-26(30)32)21-5-3-4-14-28-21)23-13-12-22(31-23)18-7-9-19(27)10-8-18/h3-15,24-25H,1-2H3,(H,29,32)/t24-,25+/m1/s1. The van der Waals surface area contributed by atoms with Gasteiger partial charge in [-0.1, -0.05) is 23.7 Å². The molecule has 0 saturated carbocycles. The van der Waals surface area contributed by atoms with E-state index < -0.39 is 0 Å². The molecule has 2 aromatic heterocycles. The van der Waals surface area contributed by atoms with Crippen molar-refractivity contribution >= 4 is 34.6 Å². The highest BCUT2D eigenvalue weighted by Crippen LogP contribution is 2.43. The van der Waals surface area contributed by atoms with Gasteiger partial charge in [0, 0.05) is 22.5 Å². The summed E-state index contributed by atoms with van der Waals surface area (Å²) in [6.07, 6.45) is 1.80. The van der Waals surface area contributed by atoms with E-state index in [2.05, 4.69) is 47.2 Å². The Morgan fingerprint density at radius 1 is 0.969 bits per heavy atom. The van der Waals surface area contributed by atoms with Crippen LogP contribution in [0.1, 0.15) is 34.7 Å². The van der Waals surface area contributed by atoms with Crippen LogP contribution in [0.3, 0.4) is 0 Å². The number of nitrogens with one attached hydrogen (secondary N) is 1. The number of pyridine rings is 1. The van der Waals surface area contributed by atoms with Crippen LogP contribution in [0.2, 0.25) is 5.02 Å². The lowest BCUT2D eigenvalue weighted by Crippen LogP contribution is -2.29. The molecule has 1 fully saturated rings. The summed E-state index contributed by atoms with van der Waals surface area (Å²) in [4.78, 5) is 6.73. The van der Waals surface area contributed by atoms with Crippen molar-refractivity contribution in [3.8, 4) is 11.3 Å². The Morgan fingerprint density at radius 2 is 1.78 bits per heavy atom. The van der Waals surface area contributed by atoms with Gasteiger partial charge in [0.2, 0.25) is 0 Å². The van der Waals surface area contributed by atoms with Gasteiger partial charge in [-0.05, 0) is 97.9 Å². The van der Waals surface area contributed by atoms with Gasteiger partial charge in [-0.2, -0.15) is 0 Å². The molecule has 0 unspecified atom stereocenters. The predicted molar refractivity (Wildman–Crippen MR) is 133 cm³/mol. The van der Waals surface area contributed by atoms with Crippen molar-refractivity contribution in [2.24, 2.45) is 0 Å². The molecular formula is C26H22ClN3OS. The molecule has 1 aliphatic heterocycles. The molecular weight excluding hydrogens is 438 g/mol. The van der Waals surface area contributed by atoms with Crippen molar-refractivity contribution < 1.29 is 4.42 Å². The fourth-order valence-electron chi connectivity index (χ4n) is 4.08. The Hall–Kier alpha value is -3.15. The van der Waals surface area contributed by atoms with Crippen LogP contribution in [0, 0.1) is 13.8 Å². The summed E-state index contributed by atoms with van der Waals surface area (Å²) >= 11 is 11.9. The molecule has 0 radical (unpaired) electrons. The average Bonchev–Trinajstić information content (AvgIpc) is 3.41. The van der Waals surface area contributed by atoms with Gasteiger partial charge in [-0.3, -0.25) is 4.98 Å². The second kappa shape index (κ2) is 8.41. The number of thiocarbonyl (C=S) groups is 1. The summed E-state index contributed by atoms with van der Waals surface area (Å²) in [7, 11) is 0. The summed E-state index contributed by atoms with van der Waals surface area (Å²) in [5, 5.41) is 4.82. The lowest BCUT2D eigenvalue weighted by molar-refractivity contribution is 0.439. The van der Waals surface area contributed by atoms with E-state index in [-0.39, 0.29) is 12.1 Å². The number of hydrogen-bond donors (Lipinski definition) is 1. The number of anilines is 1. The third kappa shape index (κ3) is 3.78. The zero-order chi connectivity index (χ0) is 22.2. The van der Waals surface area contributed by atoms with Crippen LogP contribution in [-0.2, 0) is 0 Å². The molecule has 3 heterocycles. The Kier molecular flexibility index (Phi) is 5.45. The van der Waals surface area contributed by atoms with Crippen LogP contribution in [0.5, 0.6) is 0 Å². The Bertz CT molecular complexity index is 1270. The highest BCUT2D eigenvalue weighted by molar-refractivity contribution is 7.80. The third-order valence-corrected chi connectivity index (χ3v) is 6.48. The quantitative estimate of drug-likeness (QED) is 0.340. The first-order chi connectivity index (χ1) is 15.5. The van der Waals surface area contributed by atoms with E-state index in [0.717, 1.165) is 28.5 Å². The van der Waals surface area contributed by atoms with Crippen LogP contribution < -0.4 is 10.2 Å². The highest BCUT2D eigenvalue weighted by Gasteiger charge is 2.42. The minimum Gasteiger partial charge on any atom is -0.459 e. The summed E-state index contributed by atoms with van der Waals surface area (Å²) in [6.45, 7) is 4.22. The second-order valence-electron chi connectivity index (χ2n) is 7.97. The van der Waals surface area contributed by atoms with Crippen molar-refractivity contribution in [1.29, 1.82) is 0 Å². The molecule has 1 saturated heterocycles. The van der Waals surface area contributed by atoms with Crippen LogP contribution in [0.15, 0.2) is 83.4 Å². The monoisotopic (exact) mass is 459 g/mol. The molecule has 4 nitrogen and oxygen atoms in total. The van der Waals surface area contributed by atoms with E-state index in [4.69, 9.17) is 28.2 Å². The maximum atomic E-state index is 6.39. The minimum atomic E-state index is -0.180. The molecule has 6 heteroatoms. The second-order valence-corrected chi connectivity index (χ2v) is 8.80. The van der Waals surface area contributed by atoms with Gasteiger partial charge in [-0.25, -0.2) is 0 Å². The molecule has 4 aromatic rings. The number of aromatic nitrogens is 1. The number of rotatable bonds is 4. The number of benzene rings is 2. The lowest BCUT2D eigenvalue weighted by Gasteiger charge is -2.26. The maximum absolute atomic E-state index is 6.39. The van der Waals surface area contributed by atoms with E-state index in [0.29, 0.717) is 10.1 Å². The highest BCUT2D eigenvalue weighted by atomic mass is 35.5. The fraction of sp³-hybridized carbons (Fsp3) is 0.154. The predicted octanol–water partition coefficient (Wildman–Crippen LogP) is 6.79. The van der Waals surface area contributed by atoms with Crippen molar-refractivity contribution in [3.63, 3.8) is 0 Å². The zero-order valence-corrected chi connectivity index (χ0v) is 19.3. The number of hydrogen-bond acceptors (Lipinski definition) is 3. The van der Waals surface area contributed by atoms with Crippen molar-refractivity contribution in [2.45, 2.75) is 25.9 Å². The summed E-state index contributed by atoms with van der Waals surface area (Å²) in [5.41, 5.74) is 5.37. The van der Waals surface area contributed by atoms with Gasteiger partial charge < -0.3 is 14.6 Å². The topological polar surface area (TPSA) is 41.3 Å². The van der Waals surface area contributed by atoms with Crippen LogP contribution in [0.4, 0.5) is 5.69 Å². The van der Waals surface area contributed by atoms with Crippen molar-refractivity contribution in [1.82, 2.24) is 10.3 Å². The molecule has 2 aromatic carbocycles. The molecule has 2 atom stereocenters. The van der Waals surface area contributed by atoms with E-state index in [1.165, 1.54) is 11.1 Å².